The van der Waals surface area contributed by atoms with Gasteiger partial charge in [0, 0.05) is 33.6 Å². The molecule has 14 heteroatoms. The van der Waals surface area contributed by atoms with Crippen LogP contribution in [-0.4, -0.2) is 92.8 Å². The molecule has 2 aliphatic rings. The second kappa shape index (κ2) is 16.2. The molecule has 0 bridgehead atoms. The molecule has 1 amide bonds. The van der Waals surface area contributed by atoms with Gasteiger partial charge in [0.2, 0.25) is 0 Å². The van der Waals surface area contributed by atoms with E-state index < -0.39 is 79.1 Å². The van der Waals surface area contributed by atoms with E-state index in [2.05, 4.69) is 5.32 Å². The van der Waals surface area contributed by atoms with Crippen molar-refractivity contribution in [3.05, 3.63) is 59.7 Å². The molecule has 6 atom stereocenters. The number of ether oxygens (including phenoxy) is 7. The lowest BCUT2D eigenvalue weighted by Crippen LogP contribution is -2.62. The standard InChI is InChI=1S/C34H39NO13/c1-18(36)43-17-29-31(46-20(3)38)32(47-21(4)39)30(45-19(2)37)28(48-29)15-14-27(33(40)42-5)35-34(41)44-16-26-24-12-8-6-10-22(24)23-11-7-9-13-25(23)26/h6-13,26-32H,14-17H2,1-5H3,(H,35,41)/t27-,28-,29+,30-,31-,32+/m0/s1. The van der Waals surface area contributed by atoms with Crippen LogP contribution in [0.1, 0.15) is 57.6 Å². The van der Waals surface area contributed by atoms with Crippen molar-refractivity contribution in [3.63, 3.8) is 0 Å². The highest BCUT2D eigenvalue weighted by atomic mass is 16.7. The van der Waals surface area contributed by atoms with Crippen molar-refractivity contribution in [1.82, 2.24) is 5.32 Å². The van der Waals surface area contributed by atoms with Crippen LogP contribution in [-0.2, 0) is 57.1 Å². The molecule has 1 aliphatic carbocycles. The molecule has 1 fully saturated rings. The number of methoxy groups -OCH3 is 1. The number of esters is 5. The third-order valence-corrected chi connectivity index (χ3v) is 7.95. The Kier molecular flexibility index (Phi) is 12.1. The SMILES string of the molecule is COC(=O)[C@H](CC[C@@H]1O[C@H](COC(C)=O)[C@H](OC(C)=O)[C@H](OC(C)=O)[C@H]1OC(C)=O)NC(=O)OCC1c2ccccc2-c2ccccc21. The molecule has 1 N–H and O–H groups in total. The van der Waals surface area contributed by atoms with E-state index in [9.17, 15) is 28.8 Å². The Morgan fingerprint density at radius 3 is 1.73 bits per heavy atom. The van der Waals surface area contributed by atoms with Gasteiger partial charge < -0.3 is 38.5 Å². The number of rotatable bonds is 12. The molecule has 0 radical (unpaired) electrons. The third-order valence-electron chi connectivity index (χ3n) is 7.95. The number of alkyl carbamates (subject to hydrolysis) is 1. The highest BCUT2D eigenvalue weighted by Gasteiger charge is 2.52. The van der Waals surface area contributed by atoms with Crippen molar-refractivity contribution in [1.29, 1.82) is 0 Å². The summed E-state index contributed by atoms with van der Waals surface area (Å²) < 4.78 is 38.1. The molecule has 1 heterocycles. The van der Waals surface area contributed by atoms with Gasteiger partial charge in [-0.05, 0) is 35.1 Å². The summed E-state index contributed by atoms with van der Waals surface area (Å²) in [5, 5.41) is 2.54. The normalized spacial score (nSPS) is 21.8. The molecule has 0 saturated carbocycles. The van der Waals surface area contributed by atoms with Crippen molar-refractivity contribution in [2.24, 2.45) is 0 Å². The maximum atomic E-state index is 13.0. The van der Waals surface area contributed by atoms with Gasteiger partial charge in [0.05, 0.1) is 13.2 Å². The smallest absolute Gasteiger partial charge is 0.407 e. The first-order valence-corrected chi connectivity index (χ1v) is 15.4. The molecule has 0 aromatic heterocycles. The fraction of sp³-hybridized carbons (Fsp3) is 0.471. The van der Waals surface area contributed by atoms with Crippen LogP contribution < -0.4 is 5.32 Å². The fourth-order valence-electron chi connectivity index (χ4n) is 6.05. The summed E-state index contributed by atoms with van der Waals surface area (Å²) in [5.41, 5.74) is 4.14. The molecular weight excluding hydrogens is 630 g/mol. The minimum atomic E-state index is -1.36. The predicted octanol–water partition coefficient (Wildman–Crippen LogP) is 2.97. The first-order valence-electron chi connectivity index (χ1n) is 15.4. The van der Waals surface area contributed by atoms with Crippen LogP contribution in [0.25, 0.3) is 11.1 Å². The summed E-state index contributed by atoms with van der Waals surface area (Å²) in [5.74, 6) is -3.93. The zero-order valence-corrected chi connectivity index (χ0v) is 27.3. The van der Waals surface area contributed by atoms with Crippen LogP contribution >= 0.6 is 0 Å². The molecule has 4 rings (SSSR count). The lowest BCUT2D eigenvalue weighted by molar-refractivity contribution is -0.253. The number of fused-ring (bicyclic) bond motifs is 3. The Hall–Kier alpha value is -4.98. The summed E-state index contributed by atoms with van der Waals surface area (Å²) in [7, 11) is 1.16. The zero-order valence-electron chi connectivity index (χ0n) is 27.3. The highest BCUT2D eigenvalue weighted by molar-refractivity contribution is 5.82. The van der Waals surface area contributed by atoms with Crippen LogP contribution in [0.15, 0.2) is 48.5 Å². The first-order chi connectivity index (χ1) is 22.9. The lowest BCUT2D eigenvalue weighted by atomic mass is 9.91. The molecule has 14 nitrogen and oxygen atoms in total. The van der Waals surface area contributed by atoms with Gasteiger partial charge in [0.25, 0.3) is 0 Å². The molecule has 2 aromatic rings. The van der Waals surface area contributed by atoms with Crippen molar-refractivity contribution < 1.29 is 61.9 Å². The fourth-order valence-corrected chi connectivity index (χ4v) is 6.05. The Morgan fingerprint density at radius 1 is 0.688 bits per heavy atom. The van der Waals surface area contributed by atoms with Gasteiger partial charge >= 0.3 is 35.9 Å². The zero-order chi connectivity index (χ0) is 35.0. The third kappa shape index (κ3) is 8.88. The van der Waals surface area contributed by atoms with Crippen molar-refractivity contribution >= 4 is 35.9 Å². The summed E-state index contributed by atoms with van der Waals surface area (Å²) in [6.45, 7) is 4.15. The van der Waals surface area contributed by atoms with Gasteiger partial charge in [-0.2, -0.15) is 0 Å². The number of carbonyl (C=O) groups is 6. The summed E-state index contributed by atoms with van der Waals surface area (Å²) >= 11 is 0. The molecule has 1 aliphatic heterocycles. The quantitative estimate of drug-likeness (QED) is 0.258. The lowest BCUT2D eigenvalue weighted by Gasteiger charge is -2.44. The Balaban J connectivity index is 1.50. The van der Waals surface area contributed by atoms with Crippen LogP contribution in [0.3, 0.4) is 0 Å². The van der Waals surface area contributed by atoms with Gasteiger partial charge in [0.15, 0.2) is 18.3 Å². The van der Waals surface area contributed by atoms with E-state index in [1.807, 2.05) is 48.5 Å². The Bertz CT molecular complexity index is 1480. The van der Waals surface area contributed by atoms with E-state index in [1.165, 1.54) is 6.92 Å². The van der Waals surface area contributed by atoms with Gasteiger partial charge in [0.1, 0.15) is 25.4 Å². The number of hydrogen-bond acceptors (Lipinski definition) is 13. The molecule has 0 unspecified atom stereocenters. The van der Waals surface area contributed by atoms with Crippen LogP contribution in [0.2, 0.25) is 0 Å². The average molecular weight is 670 g/mol. The molecule has 1 saturated heterocycles. The van der Waals surface area contributed by atoms with Crippen molar-refractivity contribution in [2.45, 2.75) is 83.0 Å². The van der Waals surface area contributed by atoms with Gasteiger partial charge in [-0.15, -0.1) is 0 Å². The van der Waals surface area contributed by atoms with Gasteiger partial charge in [-0.3, -0.25) is 19.2 Å². The second-order valence-electron chi connectivity index (χ2n) is 11.4. The van der Waals surface area contributed by atoms with E-state index in [1.54, 1.807) is 0 Å². The van der Waals surface area contributed by atoms with Crippen LogP contribution in [0, 0.1) is 0 Å². The second-order valence-corrected chi connectivity index (χ2v) is 11.4. The number of carbonyl (C=O) groups excluding carboxylic acids is 6. The van der Waals surface area contributed by atoms with Gasteiger partial charge in [-0.1, -0.05) is 48.5 Å². The van der Waals surface area contributed by atoms with Crippen LogP contribution in [0.4, 0.5) is 4.79 Å². The monoisotopic (exact) mass is 669 g/mol. The van der Waals surface area contributed by atoms with Gasteiger partial charge in [-0.25, -0.2) is 9.59 Å². The highest BCUT2D eigenvalue weighted by Crippen LogP contribution is 2.44. The molecular formula is C34H39NO13. The summed E-state index contributed by atoms with van der Waals surface area (Å²) in [6, 6.07) is 14.5. The van der Waals surface area contributed by atoms with Crippen molar-refractivity contribution in [3.8, 4) is 11.1 Å². The van der Waals surface area contributed by atoms with E-state index >= 15 is 0 Å². The first kappa shape index (κ1) is 35.9. The molecule has 48 heavy (non-hydrogen) atoms. The largest absolute Gasteiger partial charge is 0.467 e. The maximum absolute atomic E-state index is 13.0. The van der Waals surface area contributed by atoms with Crippen molar-refractivity contribution in [2.75, 3.05) is 20.3 Å². The minimum absolute atomic E-state index is 0.00739. The average Bonchev–Trinajstić information content (AvgIpc) is 3.36. The van der Waals surface area contributed by atoms with E-state index in [4.69, 9.17) is 33.2 Å². The van der Waals surface area contributed by atoms with E-state index in [0.29, 0.717) is 0 Å². The van der Waals surface area contributed by atoms with E-state index in [-0.39, 0.29) is 25.4 Å². The minimum Gasteiger partial charge on any atom is -0.467 e. The Morgan fingerprint density at radius 2 is 1.21 bits per heavy atom. The maximum Gasteiger partial charge on any atom is 0.407 e. The number of benzene rings is 2. The molecule has 2 aromatic carbocycles. The van der Waals surface area contributed by atoms with Crippen LogP contribution in [0.5, 0.6) is 0 Å². The molecule has 258 valence electrons. The van der Waals surface area contributed by atoms with E-state index in [0.717, 1.165) is 50.1 Å². The number of hydrogen-bond donors (Lipinski definition) is 1. The summed E-state index contributed by atoms with van der Waals surface area (Å²) in [6.07, 6.45) is -7.26. The number of amides is 1. The summed E-state index contributed by atoms with van der Waals surface area (Å²) in [4.78, 5) is 73.7. The molecule has 0 spiro atoms. The predicted molar refractivity (Wildman–Crippen MR) is 165 cm³/mol. The topological polar surface area (TPSA) is 179 Å². The number of nitrogens with one attached hydrogen (secondary N) is 1. The Labute approximate surface area is 277 Å².